The highest BCUT2D eigenvalue weighted by molar-refractivity contribution is 5.80. The van der Waals surface area contributed by atoms with Crippen molar-refractivity contribution < 1.29 is 0 Å². The van der Waals surface area contributed by atoms with Crippen molar-refractivity contribution in [3.8, 4) is 0 Å². The molecular weight excluding hydrogens is 186 g/mol. The zero-order valence-electron chi connectivity index (χ0n) is 10.8. The lowest BCUT2D eigenvalue weighted by atomic mass is 9.75. The van der Waals surface area contributed by atoms with Crippen LogP contribution in [-0.2, 0) is 0 Å². The van der Waals surface area contributed by atoms with Gasteiger partial charge in [0.1, 0.15) is 0 Å². The van der Waals surface area contributed by atoms with E-state index in [0.717, 1.165) is 12.4 Å². The van der Waals surface area contributed by atoms with Crippen LogP contribution in [0.1, 0.15) is 33.1 Å². The van der Waals surface area contributed by atoms with E-state index in [4.69, 9.17) is 5.41 Å². The Hall–Kier alpha value is -0.570. The number of nitrogens with zero attached hydrogens (tertiary/aromatic N) is 2. The number of nitrogens with one attached hydrogen (secondary N) is 1. The van der Waals surface area contributed by atoms with Crippen molar-refractivity contribution in [3.05, 3.63) is 0 Å². The predicted octanol–water partition coefficient (Wildman–Crippen LogP) is 2.04. The topological polar surface area (TPSA) is 30.3 Å². The Labute approximate surface area is 94.0 Å². The molecule has 0 aromatic carbocycles. The van der Waals surface area contributed by atoms with Crippen molar-refractivity contribution in [2.45, 2.75) is 38.6 Å². The van der Waals surface area contributed by atoms with Crippen LogP contribution in [0.2, 0.25) is 0 Å². The van der Waals surface area contributed by atoms with Gasteiger partial charge in [0, 0.05) is 25.0 Å². The minimum absolute atomic E-state index is 0.328. The van der Waals surface area contributed by atoms with Gasteiger partial charge in [-0.25, -0.2) is 0 Å². The molecule has 0 bridgehead atoms. The highest BCUT2D eigenvalue weighted by Crippen LogP contribution is 2.36. The molecule has 0 atom stereocenters. The third-order valence-corrected chi connectivity index (χ3v) is 3.72. The zero-order valence-corrected chi connectivity index (χ0v) is 10.8. The monoisotopic (exact) mass is 211 g/mol. The normalized spacial score (nSPS) is 19.1. The average Bonchev–Trinajstić information content (AvgIpc) is 2.08. The molecule has 0 aromatic heterocycles. The molecule has 1 fully saturated rings. The minimum atomic E-state index is 0.328. The SMILES string of the molecule is CC(C)C(=N)N(C)CC1(N(C)C)CCC1. The van der Waals surface area contributed by atoms with Gasteiger partial charge in [0.2, 0.25) is 0 Å². The minimum Gasteiger partial charge on any atom is -0.362 e. The van der Waals surface area contributed by atoms with E-state index in [1.165, 1.54) is 19.3 Å². The zero-order chi connectivity index (χ0) is 11.6. The lowest BCUT2D eigenvalue weighted by Gasteiger charge is -2.49. The fourth-order valence-electron chi connectivity index (χ4n) is 2.30. The number of amidine groups is 1. The number of hydrogen-bond acceptors (Lipinski definition) is 2. The summed E-state index contributed by atoms with van der Waals surface area (Å²) < 4.78 is 0. The van der Waals surface area contributed by atoms with Gasteiger partial charge in [-0.3, -0.25) is 5.41 Å². The molecular formula is C12H25N3. The summed E-state index contributed by atoms with van der Waals surface area (Å²) in [6.45, 7) is 5.17. The summed E-state index contributed by atoms with van der Waals surface area (Å²) in [6, 6.07) is 0. The van der Waals surface area contributed by atoms with Crippen LogP contribution in [0.3, 0.4) is 0 Å². The number of rotatable bonds is 4. The van der Waals surface area contributed by atoms with Crippen LogP contribution in [0.15, 0.2) is 0 Å². The second-order valence-corrected chi connectivity index (χ2v) is 5.37. The van der Waals surface area contributed by atoms with E-state index < -0.39 is 0 Å². The Morgan fingerprint density at radius 1 is 1.27 bits per heavy atom. The van der Waals surface area contributed by atoms with Crippen molar-refractivity contribution >= 4 is 5.84 Å². The van der Waals surface area contributed by atoms with Crippen LogP contribution in [-0.4, -0.2) is 48.9 Å². The van der Waals surface area contributed by atoms with Gasteiger partial charge in [-0.05, 0) is 33.4 Å². The third-order valence-electron chi connectivity index (χ3n) is 3.72. The van der Waals surface area contributed by atoms with Crippen LogP contribution in [0, 0.1) is 11.3 Å². The van der Waals surface area contributed by atoms with Crippen molar-refractivity contribution in [1.29, 1.82) is 5.41 Å². The molecule has 0 unspecified atom stereocenters. The maximum atomic E-state index is 7.98. The van der Waals surface area contributed by atoms with Crippen molar-refractivity contribution in [2.24, 2.45) is 5.92 Å². The summed E-state index contributed by atoms with van der Waals surface area (Å²) in [5, 5.41) is 7.98. The van der Waals surface area contributed by atoms with Crippen LogP contribution in [0.4, 0.5) is 0 Å². The second kappa shape index (κ2) is 4.52. The molecule has 0 amide bonds. The molecule has 1 aliphatic rings. The molecule has 3 heteroatoms. The summed E-state index contributed by atoms with van der Waals surface area (Å²) in [7, 11) is 6.36. The Kier molecular flexibility index (Phi) is 3.77. The fraction of sp³-hybridized carbons (Fsp3) is 0.917. The smallest absolute Gasteiger partial charge is 0.0981 e. The van der Waals surface area contributed by atoms with E-state index in [1.807, 2.05) is 7.05 Å². The first kappa shape index (κ1) is 12.5. The average molecular weight is 211 g/mol. The summed E-state index contributed by atoms with van der Waals surface area (Å²) in [5.41, 5.74) is 0.329. The maximum absolute atomic E-state index is 7.98. The van der Waals surface area contributed by atoms with Gasteiger partial charge in [0.25, 0.3) is 0 Å². The highest BCUT2D eigenvalue weighted by atomic mass is 15.2. The van der Waals surface area contributed by atoms with Gasteiger partial charge in [0.15, 0.2) is 0 Å². The second-order valence-electron chi connectivity index (χ2n) is 5.37. The molecule has 0 saturated heterocycles. The quantitative estimate of drug-likeness (QED) is 0.570. The molecule has 0 heterocycles. The Balaban J connectivity index is 2.56. The van der Waals surface area contributed by atoms with Crippen LogP contribution in [0.25, 0.3) is 0 Å². The highest BCUT2D eigenvalue weighted by Gasteiger charge is 2.40. The van der Waals surface area contributed by atoms with Gasteiger partial charge in [-0.2, -0.15) is 0 Å². The first-order valence-corrected chi connectivity index (χ1v) is 5.86. The van der Waals surface area contributed by atoms with E-state index in [9.17, 15) is 0 Å². The van der Waals surface area contributed by atoms with Crippen molar-refractivity contribution in [3.63, 3.8) is 0 Å². The van der Waals surface area contributed by atoms with E-state index in [2.05, 4.69) is 37.7 Å². The van der Waals surface area contributed by atoms with Crippen molar-refractivity contribution in [1.82, 2.24) is 9.80 Å². The molecule has 1 aliphatic carbocycles. The predicted molar refractivity (Wildman–Crippen MR) is 65.5 cm³/mol. The van der Waals surface area contributed by atoms with Gasteiger partial charge < -0.3 is 9.80 Å². The van der Waals surface area contributed by atoms with E-state index in [0.29, 0.717) is 11.5 Å². The van der Waals surface area contributed by atoms with Crippen molar-refractivity contribution in [2.75, 3.05) is 27.7 Å². The molecule has 1 rings (SSSR count). The van der Waals surface area contributed by atoms with Gasteiger partial charge in [0.05, 0.1) is 5.84 Å². The van der Waals surface area contributed by atoms with Gasteiger partial charge in [-0.15, -0.1) is 0 Å². The Morgan fingerprint density at radius 3 is 2.07 bits per heavy atom. The summed E-state index contributed by atoms with van der Waals surface area (Å²) in [6.07, 6.45) is 3.88. The lowest BCUT2D eigenvalue weighted by molar-refractivity contribution is 0.0421. The number of likely N-dealkylation sites (N-methyl/N-ethyl adjacent to an activating group) is 2. The van der Waals surface area contributed by atoms with Crippen LogP contribution < -0.4 is 0 Å². The Morgan fingerprint density at radius 2 is 1.80 bits per heavy atom. The molecule has 0 aromatic rings. The first-order valence-electron chi connectivity index (χ1n) is 5.86. The van der Waals surface area contributed by atoms with Gasteiger partial charge >= 0.3 is 0 Å². The molecule has 3 nitrogen and oxygen atoms in total. The van der Waals surface area contributed by atoms with E-state index in [-0.39, 0.29) is 0 Å². The Bertz CT molecular complexity index is 229. The summed E-state index contributed by atoms with van der Waals surface area (Å²) in [4.78, 5) is 4.45. The molecule has 0 aliphatic heterocycles. The summed E-state index contributed by atoms with van der Waals surface area (Å²) in [5.74, 6) is 1.08. The van der Waals surface area contributed by atoms with Crippen LogP contribution >= 0.6 is 0 Å². The summed E-state index contributed by atoms with van der Waals surface area (Å²) >= 11 is 0. The molecule has 0 radical (unpaired) electrons. The fourth-order valence-corrected chi connectivity index (χ4v) is 2.30. The largest absolute Gasteiger partial charge is 0.362 e. The van der Waals surface area contributed by atoms with Crippen LogP contribution in [0.5, 0.6) is 0 Å². The molecule has 15 heavy (non-hydrogen) atoms. The molecule has 0 spiro atoms. The lowest BCUT2D eigenvalue weighted by Crippen LogP contribution is -2.57. The molecule has 1 saturated carbocycles. The van der Waals surface area contributed by atoms with E-state index in [1.54, 1.807) is 0 Å². The molecule has 1 N–H and O–H groups in total. The first-order chi connectivity index (χ1) is 6.89. The standard InChI is InChI=1S/C12H25N3/c1-10(2)11(13)15(5)9-12(14(3)4)7-6-8-12/h10,13H,6-9H2,1-5H3. The third kappa shape index (κ3) is 2.51. The van der Waals surface area contributed by atoms with E-state index >= 15 is 0 Å². The maximum Gasteiger partial charge on any atom is 0.0981 e. The molecule has 88 valence electrons. The van der Waals surface area contributed by atoms with Gasteiger partial charge in [-0.1, -0.05) is 13.8 Å². The number of hydrogen-bond donors (Lipinski definition) is 1.